The van der Waals surface area contributed by atoms with Gasteiger partial charge in [-0.25, -0.2) is 0 Å². The van der Waals surface area contributed by atoms with Gasteiger partial charge in [0.2, 0.25) is 11.8 Å². The molecule has 6 nitrogen and oxygen atoms in total. The normalized spacial score (nSPS) is 11.0. The minimum absolute atomic E-state index is 0. The molecule has 0 aliphatic rings. The van der Waals surface area contributed by atoms with Gasteiger partial charge in [0, 0.05) is 12.1 Å². The third-order valence-corrected chi connectivity index (χ3v) is 3.04. The summed E-state index contributed by atoms with van der Waals surface area (Å²) in [6.45, 7) is 0.372. The minimum Gasteiger partial charge on any atom is -0.368 e. The molecule has 8 heteroatoms. The molecule has 3 amide bonds. The van der Waals surface area contributed by atoms with Gasteiger partial charge in [0.1, 0.15) is 11.9 Å². The molecule has 0 aliphatic heterocycles. The van der Waals surface area contributed by atoms with Crippen molar-refractivity contribution in [3.63, 3.8) is 0 Å². The van der Waals surface area contributed by atoms with E-state index in [4.69, 9.17) is 17.3 Å². The molecule has 0 radical (unpaired) electrons. The van der Waals surface area contributed by atoms with Crippen molar-refractivity contribution >= 4 is 41.7 Å². The summed E-state index contributed by atoms with van der Waals surface area (Å²) in [5.74, 6) is -1.35. The average molecular weight is 348 g/mol. The van der Waals surface area contributed by atoms with E-state index in [1.54, 1.807) is 30.3 Å². The first-order valence-corrected chi connectivity index (χ1v) is 7.06. The molecule has 0 aromatic heterocycles. The third-order valence-electron chi connectivity index (χ3n) is 2.80. The second kappa shape index (κ2) is 10.9. The van der Waals surface area contributed by atoms with Crippen LogP contribution in [-0.2, 0) is 9.59 Å². The first-order valence-electron chi connectivity index (χ1n) is 6.52. The van der Waals surface area contributed by atoms with Crippen LogP contribution in [0.4, 0.5) is 0 Å². The van der Waals surface area contributed by atoms with E-state index in [-0.39, 0.29) is 30.1 Å². The molecular formula is C14H19Cl2N3O3. The number of nitrogens with two attached hydrogens (primary N) is 1. The van der Waals surface area contributed by atoms with E-state index in [0.29, 0.717) is 24.9 Å². The molecule has 1 rings (SSSR count). The predicted molar refractivity (Wildman–Crippen MR) is 87.1 cm³/mol. The Kier molecular flexibility index (Phi) is 9.98. The van der Waals surface area contributed by atoms with Crippen LogP contribution < -0.4 is 16.4 Å². The fourth-order valence-electron chi connectivity index (χ4n) is 1.70. The summed E-state index contributed by atoms with van der Waals surface area (Å²) in [5.41, 5.74) is 5.73. The van der Waals surface area contributed by atoms with Crippen molar-refractivity contribution in [2.45, 2.75) is 18.9 Å². The molecule has 0 fully saturated rings. The number of carbonyl (C=O) groups excluding carboxylic acids is 3. The van der Waals surface area contributed by atoms with Gasteiger partial charge in [-0.05, 0) is 25.0 Å². The highest BCUT2D eigenvalue weighted by molar-refractivity contribution is 6.27. The van der Waals surface area contributed by atoms with Crippen LogP contribution in [0.3, 0.4) is 0 Å². The summed E-state index contributed by atoms with van der Waals surface area (Å²) in [5, 5.41) is 5.16. The van der Waals surface area contributed by atoms with Crippen LogP contribution in [0.2, 0.25) is 0 Å². The Morgan fingerprint density at radius 2 is 1.82 bits per heavy atom. The fraction of sp³-hybridized carbons (Fsp3) is 0.357. The van der Waals surface area contributed by atoms with E-state index in [1.165, 1.54) is 0 Å². The van der Waals surface area contributed by atoms with Gasteiger partial charge in [-0.2, -0.15) is 0 Å². The Labute approximate surface area is 140 Å². The van der Waals surface area contributed by atoms with Crippen molar-refractivity contribution in [2.24, 2.45) is 5.73 Å². The lowest BCUT2D eigenvalue weighted by atomic mass is 10.1. The first kappa shape index (κ1) is 20.2. The van der Waals surface area contributed by atoms with Gasteiger partial charge in [-0.1, -0.05) is 18.2 Å². The standard InChI is InChI=1S/C14H18ClN3O3.ClH/c15-9-12(19)17-8-4-7-11(13(16)20)18-14(21)10-5-2-1-3-6-10;/h1-3,5-6,11H,4,7-9H2,(H2,16,20)(H,17,19)(H,18,21);1H/t11-;/m1./s1. The number of nitrogens with one attached hydrogen (secondary N) is 2. The summed E-state index contributed by atoms with van der Waals surface area (Å²) < 4.78 is 0. The molecule has 0 bridgehead atoms. The van der Waals surface area contributed by atoms with Gasteiger partial charge in [0.25, 0.3) is 5.91 Å². The van der Waals surface area contributed by atoms with Gasteiger partial charge in [0.05, 0.1) is 0 Å². The minimum atomic E-state index is -0.773. The van der Waals surface area contributed by atoms with Crippen molar-refractivity contribution < 1.29 is 14.4 Å². The van der Waals surface area contributed by atoms with E-state index < -0.39 is 11.9 Å². The highest BCUT2D eigenvalue weighted by atomic mass is 35.5. The van der Waals surface area contributed by atoms with Gasteiger partial charge in [-0.3, -0.25) is 14.4 Å². The lowest BCUT2D eigenvalue weighted by Crippen LogP contribution is -2.44. The number of benzene rings is 1. The zero-order chi connectivity index (χ0) is 15.7. The van der Waals surface area contributed by atoms with E-state index >= 15 is 0 Å². The van der Waals surface area contributed by atoms with E-state index in [9.17, 15) is 14.4 Å². The Hall–Kier alpha value is -1.79. The molecule has 0 saturated carbocycles. The first-order chi connectivity index (χ1) is 10.0. The van der Waals surface area contributed by atoms with Crippen LogP contribution in [0.1, 0.15) is 23.2 Å². The number of halogens is 2. The maximum atomic E-state index is 11.9. The van der Waals surface area contributed by atoms with Crippen LogP contribution in [0, 0.1) is 0 Å². The van der Waals surface area contributed by atoms with Crippen LogP contribution in [0.25, 0.3) is 0 Å². The quantitative estimate of drug-likeness (QED) is 0.479. The number of hydrogen-bond acceptors (Lipinski definition) is 3. The van der Waals surface area contributed by atoms with Crippen LogP contribution in [0.5, 0.6) is 0 Å². The summed E-state index contributed by atoms with van der Waals surface area (Å²) in [4.78, 5) is 34.2. The number of primary amides is 1. The zero-order valence-corrected chi connectivity index (χ0v) is 13.5. The van der Waals surface area contributed by atoms with Crippen molar-refractivity contribution in [2.75, 3.05) is 12.4 Å². The Morgan fingerprint density at radius 3 is 2.36 bits per heavy atom. The smallest absolute Gasteiger partial charge is 0.251 e. The monoisotopic (exact) mass is 347 g/mol. The summed E-state index contributed by atoms with van der Waals surface area (Å²) >= 11 is 5.34. The Balaban J connectivity index is 0.00000441. The third kappa shape index (κ3) is 7.28. The van der Waals surface area contributed by atoms with Gasteiger partial charge in [-0.15, -0.1) is 24.0 Å². The number of alkyl halides is 1. The Bertz CT molecular complexity index is 497. The second-order valence-corrected chi connectivity index (χ2v) is 4.69. The molecule has 4 N–H and O–H groups in total. The van der Waals surface area contributed by atoms with Crippen molar-refractivity contribution in [1.29, 1.82) is 0 Å². The summed E-state index contributed by atoms with van der Waals surface area (Å²) in [6, 6.07) is 7.78. The van der Waals surface area contributed by atoms with Crippen molar-refractivity contribution in [3.8, 4) is 0 Å². The number of hydrogen-bond donors (Lipinski definition) is 3. The van der Waals surface area contributed by atoms with Crippen LogP contribution >= 0.6 is 24.0 Å². The van der Waals surface area contributed by atoms with Gasteiger partial charge in [0.15, 0.2) is 0 Å². The topological polar surface area (TPSA) is 101 Å². The van der Waals surface area contributed by atoms with Crippen LogP contribution in [0.15, 0.2) is 30.3 Å². The molecule has 0 heterocycles. The molecule has 0 saturated heterocycles. The summed E-state index contributed by atoms with van der Waals surface area (Å²) in [6.07, 6.45) is 0.849. The van der Waals surface area contributed by atoms with E-state index in [0.717, 1.165) is 0 Å². The number of carbonyl (C=O) groups is 3. The van der Waals surface area contributed by atoms with Crippen molar-refractivity contribution in [1.82, 2.24) is 10.6 Å². The van der Waals surface area contributed by atoms with Gasteiger partial charge >= 0.3 is 0 Å². The summed E-state index contributed by atoms with van der Waals surface area (Å²) in [7, 11) is 0. The maximum absolute atomic E-state index is 11.9. The maximum Gasteiger partial charge on any atom is 0.251 e. The highest BCUT2D eigenvalue weighted by Crippen LogP contribution is 2.02. The number of rotatable bonds is 8. The average Bonchev–Trinajstić information content (AvgIpc) is 2.50. The fourth-order valence-corrected chi connectivity index (χ4v) is 1.79. The van der Waals surface area contributed by atoms with E-state index in [1.807, 2.05) is 0 Å². The molecule has 0 spiro atoms. The van der Waals surface area contributed by atoms with Crippen LogP contribution in [-0.4, -0.2) is 36.2 Å². The molecular weight excluding hydrogens is 329 g/mol. The molecule has 0 aliphatic carbocycles. The lowest BCUT2D eigenvalue weighted by Gasteiger charge is -2.15. The molecule has 1 aromatic rings. The molecule has 22 heavy (non-hydrogen) atoms. The highest BCUT2D eigenvalue weighted by Gasteiger charge is 2.18. The molecule has 1 atom stereocenters. The van der Waals surface area contributed by atoms with E-state index in [2.05, 4.69) is 10.6 Å². The second-order valence-electron chi connectivity index (χ2n) is 4.42. The molecule has 1 aromatic carbocycles. The Morgan fingerprint density at radius 1 is 1.18 bits per heavy atom. The van der Waals surface area contributed by atoms with Crippen molar-refractivity contribution in [3.05, 3.63) is 35.9 Å². The predicted octanol–water partition coefficient (Wildman–Crippen LogP) is 0.827. The largest absolute Gasteiger partial charge is 0.368 e. The van der Waals surface area contributed by atoms with Gasteiger partial charge < -0.3 is 16.4 Å². The SMILES string of the molecule is Cl.NC(=O)[C@@H](CCCNC(=O)CCl)NC(=O)c1ccccc1. The molecule has 0 unspecified atom stereocenters. The zero-order valence-electron chi connectivity index (χ0n) is 11.9. The number of amides is 3. The molecule has 122 valence electrons. The lowest BCUT2D eigenvalue weighted by molar-refractivity contribution is -0.120.